The molecule has 24 heavy (non-hydrogen) atoms. The van der Waals surface area contributed by atoms with Gasteiger partial charge in [-0.25, -0.2) is 13.8 Å². The van der Waals surface area contributed by atoms with Gasteiger partial charge in [-0.15, -0.1) is 0 Å². The number of amidine groups is 1. The molecule has 0 unspecified atom stereocenters. The number of non-ortho nitro benzene ring substituents is 1. The number of nitrogens with zero attached hydrogens (tertiary/aromatic N) is 2. The minimum absolute atomic E-state index is 0.617. The highest BCUT2D eigenvalue weighted by atomic mass is 19.4. The molecular formula is C13H12F5N3O3. The Morgan fingerprint density at radius 2 is 2.08 bits per heavy atom. The number of nitrogens with two attached hydrogens (primary N) is 1. The van der Waals surface area contributed by atoms with E-state index in [2.05, 4.69) is 9.73 Å². The SMILES string of the molecule is C[C@]1(C(F)(F)F)C[C@](CF)(c2cc([N+](=O)[O-])ccc2F)N=C(N)O1. The van der Waals surface area contributed by atoms with Crippen LogP contribution in [-0.2, 0) is 10.3 Å². The van der Waals surface area contributed by atoms with E-state index in [1.54, 1.807) is 0 Å². The van der Waals surface area contributed by atoms with Crippen molar-refractivity contribution in [2.24, 2.45) is 10.7 Å². The lowest BCUT2D eigenvalue weighted by atomic mass is 9.79. The van der Waals surface area contributed by atoms with Crippen LogP contribution in [0.15, 0.2) is 23.2 Å². The van der Waals surface area contributed by atoms with E-state index in [0.717, 1.165) is 6.07 Å². The molecule has 0 fully saturated rings. The summed E-state index contributed by atoms with van der Waals surface area (Å²) in [6.07, 6.45) is -6.08. The standard InChI is InChI=1S/C13H12F5N3O3/c1-11(13(16,17)18)5-12(6-14,20-10(19)24-11)8-4-7(21(22)23)2-3-9(8)15/h2-4H,5-6H2,1H3,(H2,19,20)/t11-,12+/m1/s1. The molecule has 132 valence electrons. The van der Waals surface area contributed by atoms with Gasteiger partial charge in [-0.05, 0) is 13.0 Å². The summed E-state index contributed by atoms with van der Waals surface area (Å²) in [5.74, 6) is -1.14. The van der Waals surface area contributed by atoms with Gasteiger partial charge in [-0.1, -0.05) is 0 Å². The van der Waals surface area contributed by atoms with Crippen molar-refractivity contribution in [2.45, 2.75) is 30.7 Å². The summed E-state index contributed by atoms with van der Waals surface area (Å²) < 4.78 is 72.1. The number of benzene rings is 1. The van der Waals surface area contributed by atoms with Crippen LogP contribution in [0, 0.1) is 15.9 Å². The topological polar surface area (TPSA) is 90.8 Å². The molecular weight excluding hydrogens is 341 g/mol. The van der Waals surface area contributed by atoms with Crippen molar-refractivity contribution in [1.29, 1.82) is 0 Å². The molecule has 0 amide bonds. The molecule has 1 aromatic carbocycles. The third kappa shape index (κ3) is 2.85. The lowest BCUT2D eigenvalue weighted by Crippen LogP contribution is -2.56. The monoisotopic (exact) mass is 353 g/mol. The lowest BCUT2D eigenvalue weighted by Gasteiger charge is -2.42. The van der Waals surface area contributed by atoms with E-state index in [0.29, 0.717) is 19.1 Å². The second-order valence-electron chi connectivity index (χ2n) is 5.54. The Labute approximate surface area is 132 Å². The zero-order chi connectivity index (χ0) is 18.3. The molecule has 0 bridgehead atoms. The number of nitro benzene ring substituents is 1. The summed E-state index contributed by atoms with van der Waals surface area (Å²) in [5.41, 5.74) is -1.38. The molecule has 0 radical (unpaired) electrons. The third-order valence-corrected chi connectivity index (χ3v) is 3.77. The van der Waals surface area contributed by atoms with E-state index in [4.69, 9.17) is 5.73 Å². The molecule has 0 saturated heterocycles. The first-order valence-electron chi connectivity index (χ1n) is 6.55. The van der Waals surface area contributed by atoms with Gasteiger partial charge >= 0.3 is 6.18 Å². The molecule has 0 aliphatic carbocycles. The van der Waals surface area contributed by atoms with Gasteiger partial charge in [0.2, 0.25) is 5.60 Å². The Bertz CT molecular complexity index is 709. The minimum atomic E-state index is -4.95. The van der Waals surface area contributed by atoms with Gasteiger partial charge < -0.3 is 10.5 Å². The maximum atomic E-state index is 14.1. The number of hydrogen-bond donors (Lipinski definition) is 1. The van der Waals surface area contributed by atoms with Gasteiger partial charge in [0.25, 0.3) is 11.7 Å². The maximum Gasteiger partial charge on any atom is 0.428 e. The number of halogens is 5. The first-order chi connectivity index (χ1) is 10.9. The fraction of sp³-hybridized carbons (Fsp3) is 0.462. The lowest BCUT2D eigenvalue weighted by molar-refractivity contribution is -0.385. The number of aliphatic imine (C=N–C) groups is 1. The van der Waals surface area contributed by atoms with E-state index < -0.39 is 58.4 Å². The Balaban J connectivity index is 2.66. The van der Waals surface area contributed by atoms with E-state index in [9.17, 15) is 32.1 Å². The Morgan fingerprint density at radius 3 is 2.58 bits per heavy atom. The fourth-order valence-corrected chi connectivity index (χ4v) is 2.54. The van der Waals surface area contributed by atoms with Crippen molar-refractivity contribution in [3.63, 3.8) is 0 Å². The van der Waals surface area contributed by atoms with Crippen LogP contribution in [-0.4, -0.2) is 29.4 Å². The first-order valence-corrected chi connectivity index (χ1v) is 6.55. The largest absolute Gasteiger partial charge is 0.449 e. The van der Waals surface area contributed by atoms with Crippen molar-refractivity contribution in [3.8, 4) is 0 Å². The summed E-state index contributed by atoms with van der Waals surface area (Å²) in [5, 5.41) is 10.8. The first kappa shape index (κ1) is 17.9. The normalized spacial score (nSPS) is 27.3. The fourth-order valence-electron chi connectivity index (χ4n) is 2.54. The van der Waals surface area contributed by atoms with Crippen LogP contribution >= 0.6 is 0 Å². The number of nitro groups is 1. The van der Waals surface area contributed by atoms with Crippen LogP contribution in [0.5, 0.6) is 0 Å². The second-order valence-corrected chi connectivity index (χ2v) is 5.54. The number of rotatable bonds is 3. The summed E-state index contributed by atoms with van der Waals surface area (Å²) in [4.78, 5) is 13.4. The molecule has 2 atom stereocenters. The smallest absolute Gasteiger partial charge is 0.428 e. The molecule has 1 aliphatic heterocycles. The molecule has 2 N–H and O–H groups in total. The number of hydrogen-bond acceptors (Lipinski definition) is 5. The highest BCUT2D eigenvalue weighted by molar-refractivity contribution is 5.74. The summed E-state index contributed by atoms with van der Waals surface area (Å²) in [6, 6.07) is 1.13. The van der Waals surface area contributed by atoms with Gasteiger partial charge in [0, 0.05) is 24.1 Å². The van der Waals surface area contributed by atoms with Crippen molar-refractivity contribution in [3.05, 3.63) is 39.7 Å². The molecule has 1 aromatic rings. The zero-order valence-electron chi connectivity index (χ0n) is 12.2. The molecule has 2 rings (SSSR count). The van der Waals surface area contributed by atoms with E-state index in [-0.39, 0.29) is 0 Å². The van der Waals surface area contributed by atoms with Crippen molar-refractivity contribution < 1.29 is 31.6 Å². The second kappa shape index (κ2) is 5.56. The molecule has 6 nitrogen and oxygen atoms in total. The predicted molar refractivity (Wildman–Crippen MR) is 72.5 cm³/mol. The number of ether oxygens (including phenoxy) is 1. The third-order valence-electron chi connectivity index (χ3n) is 3.77. The van der Waals surface area contributed by atoms with Crippen molar-refractivity contribution in [1.82, 2.24) is 0 Å². The van der Waals surface area contributed by atoms with Crippen LogP contribution in [0.1, 0.15) is 18.9 Å². The molecule has 1 aliphatic rings. The van der Waals surface area contributed by atoms with Gasteiger partial charge in [0.15, 0.2) is 0 Å². The van der Waals surface area contributed by atoms with E-state index in [1.807, 2.05) is 0 Å². The van der Waals surface area contributed by atoms with E-state index >= 15 is 0 Å². The average molecular weight is 353 g/mol. The van der Waals surface area contributed by atoms with Gasteiger partial charge in [-0.3, -0.25) is 10.1 Å². The molecule has 11 heteroatoms. The summed E-state index contributed by atoms with van der Waals surface area (Å²) in [6.45, 7) is -0.935. The number of alkyl halides is 4. The minimum Gasteiger partial charge on any atom is -0.449 e. The maximum absolute atomic E-state index is 14.1. The summed E-state index contributed by atoms with van der Waals surface area (Å²) >= 11 is 0. The predicted octanol–water partition coefficient (Wildman–Crippen LogP) is 2.95. The van der Waals surface area contributed by atoms with Crippen LogP contribution in [0.3, 0.4) is 0 Å². The quantitative estimate of drug-likeness (QED) is 0.514. The highest BCUT2D eigenvalue weighted by Crippen LogP contribution is 2.47. The molecule has 1 heterocycles. The van der Waals surface area contributed by atoms with Gasteiger partial charge in [0.1, 0.15) is 18.0 Å². The van der Waals surface area contributed by atoms with Crippen LogP contribution in [0.4, 0.5) is 27.6 Å². The van der Waals surface area contributed by atoms with Crippen molar-refractivity contribution >= 4 is 11.7 Å². The van der Waals surface area contributed by atoms with Gasteiger partial charge in [-0.2, -0.15) is 13.2 Å². The Hall–Kier alpha value is -2.46. The van der Waals surface area contributed by atoms with Gasteiger partial charge in [0.05, 0.1) is 4.92 Å². The average Bonchev–Trinajstić information content (AvgIpc) is 2.45. The molecule has 0 saturated carbocycles. The van der Waals surface area contributed by atoms with Crippen LogP contribution in [0.2, 0.25) is 0 Å². The Morgan fingerprint density at radius 1 is 1.46 bits per heavy atom. The van der Waals surface area contributed by atoms with Crippen LogP contribution in [0.25, 0.3) is 0 Å². The molecule has 0 aromatic heterocycles. The highest BCUT2D eigenvalue weighted by Gasteiger charge is 2.61. The van der Waals surface area contributed by atoms with Crippen molar-refractivity contribution in [2.75, 3.05) is 6.67 Å². The molecule has 0 spiro atoms. The Kier molecular flexibility index (Phi) is 4.15. The van der Waals surface area contributed by atoms with Crippen LogP contribution < -0.4 is 5.73 Å². The van der Waals surface area contributed by atoms with E-state index in [1.165, 1.54) is 0 Å². The summed E-state index contributed by atoms with van der Waals surface area (Å²) in [7, 11) is 0. The zero-order valence-corrected chi connectivity index (χ0v) is 12.2.